The molecule has 3 aromatic rings. The molecule has 3 atom stereocenters. The molecule has 6 nitrogen and oxygen atoms in total. The van der Waals surface area contributed by atoms with Crippen LogP contribution in [0.3, 0.4) is 0 Å². The Bertz CT molecular complexity index is 886. The van der Waals surface area contributed by atoms with Gasteiger partial charge in [0, 0.05) is 11.4 Å². The number of aliphatic hydroxyl groups excluding tert-OH is 1. The van der Waals surface area contributed by atoms with Crippen molar-refractivity contribution in [2.75, 3.05) is 0 Å². The average Bonchev–Trinajstić information content (AvgIpc) is 3.27. The van der Waals surface area contributed by atoms with Gasteiger partial charge in [0.2, 0.25) is 0 Å². The van der Waals surface area contributed by atoms with Gasteiger partial charge >= 0.3 is 6.09 Å². The summed E-state index contributed by atoms with van der Waals surface area (Å²) in [6, 6.07) is 18.9. The fourth-order valence-electron chi connectivity index (χ4n) is 3.27. The maximum Gasteiger partial charge on any atom is 0.407 e. The van der Waals surface area contributed by atoms with Crippen molar-refractivity contribution in [2.24, 2.45) is 5.73 Å². The van der Waals surface area contributed by atoms with Crippen LogP contribution < -0.4 is 11.1 Å². The maximum absolute atomic E-state index is 12.3. The largest absolute Gasteiger partial charge is 0.443 e. The highest BCUT2D eigenvalue weighted by Gasteiger charge is 2.24. The number of carbonyl (C=O) groups excluding carboxylic acids is 1. The molecule has 0 radical (unpaired) electrons. The molecule has 0 saturated carbocycles. The number of nitrogens with one attached hydrogen (secondary N) is 1. The minimum atomic E-state index is -0.809. The van der Waals surface area contributed by atoms with Crippen LogP contribution in [0.4, 0.5) is 4.79 Å². The molecule has 0 saturated heterocycles. The Hall–Kier alpha value is -2.16. The number of hydrogen-bond donors (Lipinski definition) is 3. The van der Waals surface area contributed by atoms with Gasteiger partial charge in [-0.05, 0) is 30.4 Å². The first-order chi connectivity index (χ1) is 14.6. The van der Waals surface area contributed by atoms with E-state index in [0.717, 1.165) is 11.1 Å². The minimum absolute atomic E-state index is 0. The molecule has 0 spiro atoms. The van der Waals surface area contributed by atoms with Gasteiger partial charge in [-0.2, -0.15) is 0 Å². The molecule has 0 aliphatic rings. The van der Waals surface area contributed by atoms with Crippen LogP contribution in [0, 0.1) is 0 Å². The highest BCUT2D eigenvalue weighted by molar-refractivity contribution is 7.07. The lowest BCUT2D eigenvalue weighted by Crippen LogP contribution is -2.47. The Morgan fingerprint density at radius 1 is 1.03 bits per heavy atom. The summed E-state index contributed by atoms with van der Waals surface area (Å²) < 4.78 is 5.26. The Morgan fingerprint density at radius 3 is 2.19 bits per heavy atom. The van der Waals surface area contributed by atoms with Crippen molar-refractivity contribution in [3.63, 3.8) is 0 Å². The predicted molar refractivity (Wildman–Crippen MR) is 133 cm³/mol. The second-order valence-corrected chi connectivity index (χ2v) is 7.97. The maximum atomic E-state index is 12.3. The monoisotopic (exact) mass is 497 g/mol. The molecule has 32 heavy (non-hydrogen) atoms. The fraction of sp³-hybridized carbons (Fsp3) is 0.304. The Morgan fingerprint density at radius 2 is 1.62 bits per heavy atom. The third kappa shape index (κ3) is 9.54. The van der Waals surface area contributed by atoms with Crippen molar-refractivity contribution >= 4 is 42.2 Å². The van der Waals surface area contributed by atoms with Crippen molar-refractivity contribution in [1.82, 2.24) is 10.3 Å². The first kappa shape index (κ1) is 27.9. The molecule has 9 heteroatoms. The third-order valence-electron chi connectivity index (χ3n) is 4.79. The van der Waals surface area contributed by atoms with Gasteiger partial charge in [0.1, 0.15) is 6.61 Å². The van der Waals surface area contributed by atoms with Gasteiger partial charge in [-0.1, -0.05) is 60.7 Å². The quantitative estimate of drug-likeness (QED) is 0.390. The molecular formula is C23H29Cl2N3O3S. The second kappa shape index (κ2) is 14.8. The molecule has 1 amide bonds. The number of thiazole rings is 1. The molecule has 0 bridgehead atoms. The van der Waals surface area contributed by atoms with E-state index in [9.17, 15) is 9.90 Å². The van der Waals surface area contributed by atoms with Crippen molar-refractivity contribution in [1.29, 1.82) is 0 Å². The molecule has 0 aliphatic carbocycles. The predicted octanol–water partition coefficient (Wildman–Crippen LogP) is 4.15. The summed E-state index contributed by atoms with van der Waals surface area (Å²) in [6.45, 7) is 0.0943. The average molecular weight is 498 g/mol. The molecule has 0 aliphatic heterocycles. The molecule has 3 rings (SSSR count). The van der Waals surface area contributed by atoms with E-state index in [-0.39, 0.29) is 37.5 Å². The Balaban J connectivity index is 0.00000256. The molecule has 174 valence electrons. The van der Waals surface area contributed by atoms with Crippen molar-refractivity contribution in [2.45, 2.75) is 44.1 Å². The van der Waals surface area contributed by atoms with E-state index in [1.165, 1.54) is 11.3 Å². The molecule has 0 fully saturated rings. The van der Waals surface area contributed by atoms with Crippen LogP contribution in [-0.2, 0) is 24.2 Å². The summed E-state index contributed by atoms with van der Waals surface area (Å²) in [4.78, 5) is 16.4. The topological polar surface area (TPSA) is 97.5 Å². The highest BCUT2D eigenvalue weighted by Crippen LogP contribution is 2.13. The number of amides is 1. The summed E-state index contributed by atoms with van der Waals surface area (Å²) in [7, 11) is 0. The van der Waals surface area contributed by atoms with Crippen LogP contribution >= 0.6 is 36.2 Å². The lowest BCUT2D eigenvalue weighted by molar-refractivity contribution is 0.0918. The number of aliphatic hydroxyl groups is 1. The number of carbonyl (C=O) groups is 1. The highest BCUT2D eigenvalue weighted by atomic mass is 35.5. The normalized spacial score (nSPS) is 13.1. The third-order valence-corrected chi connectivity index (χ3v) is 5.42. The lowest BCUT2D eigenvalue weighted by Gasteiger charge is -2.26. The molecule has 1 heterocycles. The van der Waals surface area contributed by atoms with E-state index < -0.39 is 18.2 Å². The molecule has 4 N–H and O–H groups in total. The van der Waals surface area contributed by atoms with Gasteiger partial charge in [-0.25, -0.2) is 9.78 Å². The van der Waals surface area contributed by atoms with Gasteiger partial charge in [-0.15, -0.1) is 36.2 Å². The van der Waals surface area contributed by atoms with Crippen LogP contribution in [0.2, 0.25) is 0 Å². The first-order valence-electron chi connectivity index (χ1n) is 9.92. The second-order valence-electron chi connectivity index (χ2n) is 7.25. The SMILES string of the molecule is Cl.Cl.N[C@@H](Cc1ccccc1)C[C@H](O)C(Cc1ccccc1)NC(=O)OCc1cscn1. The lowest BCUT2D eigenvalue weighted by atomic mass is 9.94. The zero-order chi connectivity index (χ0) is 21.2. The van der Waals surface area contributed by atoms with E-state index in [1.54, 1.807) is 5.51 Å². The summed E-state index contributed by atoms with van der Waals surface area (Å²) >= 11 is 1.44. The number of ether oxygens (including phenoxy) is 1. The zero-order valence-electron chi connectivity index (χ0n) is 17.5. The molecule has 1 unspecified atom stereocenters. The number of nitrogens with two attached hydrogens (primary N) is 1. The van der Waals surface area contributed by atoms with Crippen LogP contribution in [0.5, 0.6) is 0 Å². The van der Waals surface area contributed by atoms with Crippen molar-refractivity contribution in [3.05, 3.63) is 88.4 Å². The smallest absolute Gasteiger partial charge is 0.407 e. The van der Waals surface area contributed by atoms with E-state index >= 15 is 0 Å². The zero-order valence-corrected chi connectivity index (χ0v) is 20.0. The van der Waals surface area contributed by atoms with E-state index in [0.29, 0.717) is 25.0 Å². The fourth-order valence-corrected chi connectivity index (χ4v) is 3.81. The molecule has 1 aromatic heterocycles. The van der Waals surface area contributed by atoms with Gasteiger partial charge in [-0.3, -0.25) is 0 Å². The van der Waals surface area contributed by atoms with E-state index in [4.69, 9.17) is 10.5 Å². The number of halogens is 2. The van der Waals surface area contributed by atoms with Crippen LogP contribution in [0.25, 0.3) is 0 Å². The number of aromatic nitrogens is 1. The van der Waals surface area contributed by atoms with E-state index in [2.05, 4.69) is 10.3 Å². The molecular weight excluding hydrogens is 469 g/mol. The standard InChI is InChI=1S/C23H27N3O3S.2ClH/c24-19(11-17-7-3-1-4-8-17)13-22(27)21(12-18-9-5-2-6-10-18)26-23(28)29-14-20-15-30-16-25-20;;/h1-10,15-16,19,21-22,27H,11-14,24H2,(H,26,28);2*1H/t19-,21?,22-;;/m0../s1. The minimum Gasteiger partial charge on any atom is -0.443 e. The van der Waals surface area contributed by atoms with Gasteiger partial charge in [0.05, 0.1) is 23.4 Å². The number of alkyl carbamates (subject to hydrolysis) is 1. The summed E-state index contributed by atoms with van der Waals surface area (Å²) in [5.41, 5.74) is 10.8. The first-order valence-corrected chi connectivity index (χ1v) is 10.9. The number of nitrogens with zero attached hydrogens (tertiary/aromatic N) is 1. The van der Waals surface area contributed by atoms with Crippen molar-refractivity contribution < 1.29 is 14.6 Å². The number of benzene rings is 2. The van der Waals surface area contributed by atoms with Gasteiger partial charge in [0.15, 0.2) is 0 Å². The van der Waals surface area contributed by atoms with E-state index in [1.807, 2.05) is 66.0 Å². The summed E-state index contributed by atoms with van der Waals surface area (Å²) in [6.07, 6.45) is 0.102. The van der Waals surface area contributed by atoms with Crippen LogP contribution in [-0.4, -0.2) is 34.4 Å². The van der Waals surface area contributed by atoms with Crippen LogP contribution in [0.1, 0.15) is 23.2 Å². The van der Waals surface area contributed by atoms with Gasteiger partial charge < -0.3 is 20.9 Å². The van der Waals surface area contributed by atoms with Crippen molar-refractivity contribution in [3.8, 4) is 0 Å². The number of hydrogen-bond acceptors (Lipinski definition) is 6. The number of rotatable bonds is 10. The Labute approximate surface area is 205 Å². The molecule has 2 aromatic carbocycles. The summed E-state index contributed by atoms with van der Waals surface area (Å²) in [5, 5.41) is 15.5. The van der Waals surface area contributed by atoms with Gasteiger partial charge in [0.25, 0.3) is 0 Å². The summed E-state index contributed by atoms with van der Waals surface area (Å²) in [5.74, 6) is 0. The Kier molecular flexibility index (Phi) is 12.9. The van der Waals surface area contributed by atoms with Crippen LogP contribution in [0.15, 0.2) is 71.6 Å².